The summed E-state index contributed by atoms with van der Waals surface area (Å²) in [4.78, 5) is 16.0. The van der Waals surface area contributed by atoms with Crippen LogP contribution in [0.1, 0.15) is 43.3 Å². The first kappa shape index (κ1) is 17.8. The molecule has 1 aromatic rings. The van der Waals surface area contributed by atoms with Crippen molar-refractivity contribution in [1.82, 2.24) is 10.3 Å². The first-order valence-corrected chi connectivity index (χ1v) is 9.45. The zero-order chi connectivity index (χ0) is 15.9. The molecule has 0 aliphatic heterocycles. The quantitative estimate of drug-likeness (QED) is 0.587. The highest BCUT2D eigenvalue weighted by Crippen LogP contribution is 2.19. The van der Waals surface area contributed by atoms with Crippen LogP contribution in [0.5, 0.6) is 0 Å². The van der Waals surface area contributed by atoms with Gasteiger partial charge in [-0.15, -0.1) is 0 Å². The molecule has 0 saturated heterocycles. The Balaban J connectivity index is 2.45. The van der Waals surface area contributed by atoms with Crippen molar-refractivity contribution in [2.75, 3.05) is 12.3 Å². The lowest BCUT2D eigenvalue weighted by atomic mass is 10.1. The number of aromatic nitrogens is 1. The van der Waals surface area contributed by atoms with E-state index in [0.717, 1.165) is 24.2 Å². The Morgan fingerprint density at radius 2 is 2.14 bits per heavy atom. The van der Waals surface area contributed by atoms with Crippen LogP contribution in [0, 0.1) is 5.92 Å². The Hall–Kier alpha value is -1.21. The first-order valence-electron chi connectivity index (χ1n) is 6.98. The van der Waals surface area contributed by atoms with Crippen LogP contribution < -0.4 is 5.32 Å². The lowest BCUT2D eigenvalue weighted by Crippen LogP contribution is -2.23. The summed E-state index contributed by atoms with van der Waals surface area (Å²) in [5.74, 6) is 0.344. The van der Waals surface area contributed by atoms with Gasteiger partial charge in [0.25, 0.3) is 5.91 Å². The first-order chi connectivity index (χ1) is 9.86. The number of hydrogen-bond donors (Lipinski definition) is 1. The van der Waals surface area contributed by atoms with Gasteiger partial charge in [0.1, 0.15) is 4.88 Å². The maximum Gasteiger partial charge on any atom is 0.263 e. The topological polar surface area (TPSA) is 76.1 Å². The van der Waals surface area contributed by atoms with Crippen molar-refractivity contribution in [2.24, 2.45) is 5.92 Å². The highest BCUT2D eigenvalue weighted by Gasteiger charge is 2.18. The number of thiazole rings is 1. The van der Waals surface area contributed by atoms with Gasteiger partial charge in [0, 0.05) is 6.54 Å². The molecule has 0 atom stereocenters. The summed E-state index contributed by atoms with van der Waals surface area (Å²) >= 11 is 0.916. The van der Waals surface area contributed by atoms with Crippen molar-refractivity contribution >= 4 is 27.1 Å². The van der Waals surface area contributed by atoms with Gasteiger partial charge in [-0.3, -0.25) is 4.79 Å². The summed E-state index contributed by atoms with van der Waals surface area (Å²) in [6.45, 7) is 6.39. The number of rotatable bonds is 8. The minimum absolute atomic E-state index is 0.00646. The van der Waals surface area contributed by atoms with Crippen molar-refractivity contribution in [3.05, 3.63) is 23.2 Å². The lowest BCUT2D eigenvalue weighted by molar-refractivity contribution is 0.0958. The monoisotopic (exact) mass is 330 g/mol. The van der Waals surface area contributed by atoms with E-state index in [1.54, 1.807) is 6.92 Å². The third kappa shape index (κ3) is 5.97. The summed E-state index contributed by atoms with van der Waals surface area (Å²) < 4.78 is 23.3. The van der Waals surface area contributed by atoms with Gasteiger partial charge in [-0.25, -0.2) is 13.4 Å². The fraction of sp³-hybridized carbons (Fsp3) is 0.571. The normalized spacial score (nSPS) is 12.2. The zero-order valence-electron chi connectivity index (χ0n) is 12.6. The van der Waals surface area contributed by atoms with Gasteiger partial charge in [-0.2, -0.15) is 0 Å². The summed E-state index contributed by atoms with van der Waals surface area (Å²) in [5.41, 5.74) is 0. The largest absolute Gasteiger partial charge is 0.351 e. The minimum Gasteiger partial charge on any atom is -0.351 e. The van der Waals surface area contributed by atoms with E-state index in [-0.39, 0.29) is 16.0 Å². The number of carbonyl (C=O) groups is 1. The van der Waals surface area contributed by atoms with Crippen molar-refractivity contribution < 1.29 is 13.2 Å². The SMILES string of the molecule is CCS(=O)(=O)c1ncc(C(=O)NCC/C=C/CC(C)C)s1. The van der Waals surface area contributed by atoms with Gasteiger partial charge in [0.2, 0.25) is 14.2 Å². The molecule has 0 bridgehead atoms. The molecule has 1 heterocycles. The third-order valence-electron chi connectivity index (χ3n) is 2.73. The van der Waals surface area contributed by atoms with E-state index in [0.29, 0.717) is 17.3 Å². The smallest absolute Gasteiger partial charge is 0.263 e. The molecule has 1 aromatic heterocycles. The molecule has 0 aliphatic rings. The number of sulfone groups is 1. The maximum atomic E-state index is 11.9. The molecule has 1 amide bonds. The predicted molar refractivity (Wildman–Crippen MR) is 85.4 cm³/mol. The minimum atomic E-state index is -3.34. The zero-order valence-corrected chi connectivity index (χ0v) is 14.3. The highest BCUT2D eigenvalue weighted by molar-refractivity contribution is 7.93. The Bertz CT molecular complexity index is 589. The summed E-state index contributed by atoms with van der Waals surface area (Å²) in [6.07, 6.45) is 7.25. The molecular formula is C14H22N2O3S2. The van der Waals surface area contributed by atoms with Crippen LogP contribution in [0.4, 0.5) is 0 Å². The molecule has 0 aromatic carbocycles. The molecule has 5 nitrogen and oxygen atoms in total. The van der Waals surface area contributed by atoms with Crippen LogP contribution in [0.25, 0.3) is 0 Å². The fourth-order valence-corrected chi connectivity index (χ4v) is 3.63. The molecule has 0 aliphatic carbocycles. The molecule has 1 N–H and O–H groups in total. The molecular weight excluding hydrogens is 308 g/mol. The lowest BCUT2D eigenvalue weighted by Gasteiger charge is -2.00. The van der Waals surface area contributed by atoms with Gasteiger partial charge in [-0.1, -0.05) is 44.3 Å². The van der Waals surface area contributed by atoms with Crippen LogP contribution in [-0.4, -0.2) is 31.6 Å². The van der Waals surface area contributed by atoms with E-state index in [2.05, 4.69) is 30.2 Å². The molecule has 0 radical (unpaired) electrons. The molecule has 0 unspecified atom stereocenters. The average Bonchev–Trinajstić information content (AvgIpc) is 2.92. The van der Waals surface area contributed by atoms with Crippen molar-refractivity contribution in [3.8, 4) is 0 Å². The second kappa shape index (κ2) is 8.29. The van der Waals surface area contributed by atoms with E-state index in [1.807, 2.05) is 6.08 Å². The van der Waals surface area contributed by atoms with E-state index >= 15 is 0 Å². The number of nitrogens with zero attached hydrogens (tertiary/aromatic N) is 1. The van der Waals surface area contributed by atoms with Crippen LogP contribution in [-0.2, 0) is 9.84 Å². The molecule has 1 rings (SSSR count). The number of allylic oxidation sites excluding steroid dienone is 1. The third-order valence-corrected chi connectivity index (χ3v) is 5.93. The summed E-state index contributed by atoms with van der Waals surface area (Å²) in [7, 11) is -3.34. The van der Waals surface area contributed by atoms with Gasteiger partial charge in [-0.05, 0) is 18.8 Å². The van der Waals surface area contributed by atoms with E-state index in [4.69, 9.17) is 0 Å². The summed E-state index contributed by atoms with van der Waals surface area (Å²) in [5, 5.41) is 2.76. The van der Waals surface area contributed by atoms with E-state index < -0.39 is 9.84 Å². The second-order valence-corrected chi connectivity index (χ2v) is 8.52. The van der Waals surface area contributed by atoms with Crippen LogP contribution >= 0.6 is 11.3 Å². The molecule has 7 heteroatoms. The maximum absolute atomic E-state index is 11.9. The Morgan fingerprint density at radius 3 is 2.76 bits per heavy atom. The second-order valence-electron chi connectivity index (χ2n) is 5.04. The van der Waals surface area contributed by atoms with Crippen LogP contribution in [0.2, 0.25) is 0 Å². The average molecular weight is 330 g/mol. The van der Waals surface area contributed by atoms with Crippen LogP contribution in [0.3, 0.4) is 0 Å². The fourth-order valence-electron chi connectivity index (χ4n) is 1.47. The van der Waals surface area contributed by atoms with E-state index in [9.17, 15) is 13.2 Å². The molecule has 0 fully saturated rings. The Morgan fingerprint density at radius 1 is 1.43 bits per heavy atom. The molecule has 0 saturated carbocycles. The highest BCUT2D eigenvalue weighted by atomic mass is 32.2. The molecule has 118 valence electrons. The summed E-state index contributed by atoms with van der Waals surface area (Å²) in [6, 6.07) is 0. The number of amides is 1. The Labute approximate surface area is 130 Å². The van der Waals surface area contributed by atoms with Gasteiger partial charge in [0.15, 0.2) is 0 Å². The van der Waals surface area contributed by atoms with Crippen molar-refractivity contribution in [3.63, 3.8) is 0 Å². The predicted octanol–water partition coefficient (Wildman–Crippen LogP) is 2.66. The standard InChI is InChI=1S/C14H22N2O3S2/c1-4-21(18,19)14-16-10-12(20-14)13(17)15-9-7-5-6-8-11(2)3/h5-6,10-11H,4,7-9H2,1-3H3,(H,15,17)/b6-5+. The molecule has 21 heavy (non-hydrogen) atoms. The molecule has 0 spiro atoms. The van der Waals surface area contributed by atoms with Crippen LogP contribution in [0.15, 0.2) is 22.7 Å². The number of carbonyl (C=O) groups excluding carboxylic acids is 1. The van der Waals surface area contributed by atoms with Crippen molar-refractivity contribution in [2.45, 2.75) is 38.0 Å². The van der Waals surface area contributed by atoms with Crippen molar-refractivity contribution in [1.29, 1.82) is 0 Å². The number of hydrogen-bond acceptors (Lipinski definition) is 5. The van der Waals surface area contributed by atoms with Gasteiger partial charge >= 0.3 is 0 Å². The number of nitrogens with one attached hydrogen (secondary N) is 1. The van der Waals surface area contributed by atoms with Gasteiger partial charge in [0.05, 0.1) is 11.9 Å². The van der Waals surface area contributed by atoms with Gasteiger partial charge < -0.3 is 5.32 Å². The van der Waals surface area contributed by atoms with E-state index in [1.165, 1.54) is 6.20 Å². The Kier molecular flexibility index (Phi) is 7.04.